The third-order valence-corrected chi connectivity index (χ3v) is 3.86. The summed E-state index contributed by atoms with van der Waals surface area (Å²) in [6.45, 7) is 6.50. The van der Waals surface area contributed by atoms with Crippen LogP contribution in [0.15, 0.2) is 22.7 Å². The number of carbonyl (C=O) groups is 1. The molecule has 0 aliphatic rings. The van der Waals surface area contributed by atoms with Gasteiger partial charge in [0.05, 0.1) is 5.56 Å². The molecule has 0 aliphatic heterocycles. The number of hydrogen-bond donors (Lipinski definition) is 2. The van der Waals surface area contributed by atoms with Crippen molar-refractivity contribution in [2.24, 2.45) is 11.7 Å². The summed E-state index contributed by atoms with van der Waals surface area (Å²) in [5.74, 6) is 0.247. The van der Waals surface area contributed by atoms with E-state index in [1.165, 1.54) is 0 Å². The zero-order valence-electron chi connectivity index (χ0n) is 10.5. The molecule has 1 atom stereocenters. The molecule has 17 heavy (non-hydrogen) atoms. The van der Waals surface area contributed by atoms with E-state index in [9.17, 15) is 4.79 Å². The summed E-state index contributed by atoms with van der Waals surface area (Å²) in [6, 6.07) is 5.65. The van der Waals surface area contributed by atoms with Crippen LogP contribution < -0.4 is 11.1 Å². The van der Waals surface area contributed by atoms with E-state index in [0.29, 0.717) is 18.0 Å². The van der Waals surface area contributed by atoms with Gasteiger partial charge in [0, 0.05) is 17.1 Å². The average Bonchev–Trinajstić information content (AvgIpc) is 2.28. The SMILES string of the molecule is Cc1cccc(C(=O)NC(CN)C(C)C)c1Br. The Balaban J connectivity index is 2.86. The van der Waals surface area contributed by atoms with Crippen LogP contribution in [0.4, 0.5) is 0 Å². The fraction of sp³-hybridized carbons (Fsp3) is 0.462. The lowest BCUT2D eigenvalue weighted by molar-refractivity contribution is 0.0927. The summed E-state index contributed by atoms with van der Waals surface area (Å²) >= 11 is 3.44. The molecule has 0 bridgehead atoms. The molecule has 1 unspecified atom stereocenters. The maximum atomic E-state index is 12.1. The van der Waals surface area contributed by atoms with E-state index in [2.05, 4.69) is 21.2 Å². The molecule has 4 heteroatoms. The fourth-order valence-corrected chi connectivity index (χ4v) is 2.01. The van der Waals surface area contributed by atoms with Crippen LogP contribution in [-0.4, -0.2) is 18.5 Å². The second kappa shape index (κ2) is 6.17. The molecule has 0 spiro atoms. The van der Waals surface area contributed by atoms with Crippen LogP contribution in [0.3, 0.4) is 0 Å². The minimum absolute atomic E-state index is 0.00918. The zero-order valence-corrected chi connectivity index (χ0v) is 12.0. The Labute approximate surface area is 111 Å². The highest BCUT2D eigenvalue weighted by Crippen LogP contribution is 2.21. The first kappa shape index (κ1) is 14.2. The highest BCUT2D eigenvalue weighted by molar-refractivity contribution is 9.10. The van der Waals surface area contributed by atoms with Crippen molar-refractivity contribution in [1.82, 2.24) is 5.32 Å². The molecular formula is C13H19BrN2O. The summed E-state index contributed by atoms with van der Waals surface area (Å²) in [5, 5.41) is 2.96. The van der Waals surface area contributed by atoms with Gasteiger partial charge in [0.15, 0.2) is 0 Å². The molecule has 0 aromatic heterocycles. The van der Waals surface area contributed by atoms with Crippen LogP contribution in [0.2, 0.25) is 0 Å². The predicted molar refractivity (Wildman–Crippen MR) is 74.0 cm³/mol. The van der Waals surface area contributed by atoms with Crippen LogP contribution in [0.25, 0.3) is 0 Å². The number of hydrogen-bond acceptors (Lipinski definition) is 2. The molecular weight excluding hydrogens is 280 g/mol. The first-order valence-corrected chi connectivity index (χ1v) is 6.52. The number of nitrogens with two attached hydrogens (primary N) is 1. The molecule has 1 aromatic carbocycles. The van der Waals surface area contributed by atoms with E-state index < -0.39 is 0 Å². The Morgan fingerprint density at radius 1 is 1.47 bits per heavy atom. The topological polar surface area (TPSA) is 55.1 Å². The average molecular weight is 299 g/mol. The summed E-state index contributed by atoms with van der Waals surface area (Å²) in [5.41, 5.74) is 7.35. The third kappa shape index (κ3) is 3.54. The molecule has 0 heterocycles. The van der Waals surface area contributed by atoms with Gasteiger partial charge < -0.3 is 11.1 Å². The van der Waals surface area contributed by atoms with Gasteiger partial charge in [0.25, 0.3) is 5.91 Å². The standard InChI is InChI=1S/C13H19BrN2O/c1-8(2)11(7-15)16-13(17)10-6-4-5-9(3)12(10)14/h4-6,8,11H,7,15H2,1-3H3,(H,16,17). The lowest BCUT2D eigenvalue weighted by Crippen LogP contribution is -2.43. The monoisotopic (exact) mass is 298 g/mol. The molecule has 0 fully saturated rings. The number of amides is 1. The van der Waals surface area contributed by atoms with Crippen LogP contribution in [0.1, 0.15) is 29.8 Å². The second-order valence-corrected chi connectivity index (χ2v) is 5.29. The van der Waals surface area contributed by atoms with Gasteiger partial charge in [-0.15, -0.1) is 0 Å². The van der Waals surface area contributed by atoms with E-state index in [1.807, 2.05) is 32.9 Å². The summed E-state index contributed by atoms with van der Waals surface area (Å²) in [4.78, 5) is 12.1. The lowest BCUT2D eigenvalue weighted by Gasteiger charge is -2.21. The number of halogens is 1. The van der Waals surface area contributed by atoms with E-state index in [4.69, 9.17) is 5.73 Å². The van der Waals surface area contributed by atoms with Gasteiger partial charge in [-0.2, -0.15) is 0 Å². The third-order valence-electron chi connectivity index (χ3n) is 2.81. The fourth-order valence-electron chi connectivity index (χ4n) is 1.57. The number of aryl methyl sites for hydroxylation is 1. The van der Waals surface area contributed by atoms with Crippen LogP contribution in [-0.2, 0) is 0 Å². The van der Waals surface area contributed by atoms with Gasteiger partial charge in [0.2, 0.25) is 0 Å². The van der Waals surface area contributed by atoms with E-state index >= 15 is 0 Å². The largest absolute Gasteiger partial charge is 0.348 e. The Kier molecular flexibility index (Phi) is 5.15. The molecule has 0 saturated carbocycles. The van der Waals surface area contributed by atoms with Crippen molar-refractivity contribution < 1.29 is 4.79 Å². The minimum Gasteiger partial charge on any atom is -0.348 e. The van der Waals surface area contributed by atoms with Gasteiger partial charge in [-0.25, -0.2) is 0 Å². The lowest BCUT2D eigenvalue weighted by atomic mass is 10.0. The van der Waals surface area contributed by atoms with Gasteiger partial charge in [-0.1, -0.05) is 26.0 Å². The van der Waals surface area contributed by atoms with Gasteiger partial charge >= 0.3 is 0 Å². The number of carbonyl (C=O) groups excluding carboxylic acids is 1. The molecule has 1 aromatic rings. The van der Waals surface area contributed by atoms with Crippen molar-refractivity contribution in [3.8, 4) is 0 Å². The van der Waals surface area contributed by atoms with Crippen molar-refractivity contribution in [2.75, 3.05) is 6.54 Å². The zero-order chi connectivity index (χ0) is 13.0. The van der Waals surface area contributed by atoms with Crippen molar-refractivity contribution in [2.45, 2.75) is 26.8 Å². The quantitative estimate of drug-likeness (QED) is 0.897. The first-order chi connectivity index (χ1) is 7.97. The van der Waals surface area contributed by atoms with Crippen molar-refractivity contribution in [1.29, 1.82) is 0 Å². The molecule has 1 amide bonds. The van der Waals surface area contributed by atoms with E-state index in [1.54, 1.807) is 6.07 Å². The predicted octanol–water partition coefficient (Wildman–Crippen LogP) is 2.47. The van der Waals surface area contributed by atoms with Crippen molar-refractivity contribution in [3.63, 3.8) is 0 Å². The number of benzene rings is 1. The van der Waals surface area contributed by atoms with Crippen LogP contribution >= 0.6 is 15.9 Å². The van der Waals surface area contributed by atoms with Crippen molar-refractivity contribution in [3.05, 3.63) is 33.8 Å². The van der Waals surface area contributed by atoms with Gasteiger partial charge in [-0.05, 0) is 40.4 Å². The molecule has 94 valence electrons. The summed E-state index contributed by atoms with van der Waals surface area (Å²) in [6.07, 6.45) is 0. The van der Waals surface area contributed by atoms with E-state index in [0.717, 1.165) is 10.0 Å². The minimum atomic E-state index is -0.0790. The molecule has 0 radical (unpaired) electrons. The molecule has 1 rings (SSSR count). The Morgan fingerprint density at radius 2 is 2.12 bits per heavy atom. The Morgan fingerprint density at radius 3 is 2.65 bits per heavy atom. The second-order valence-electron chi connectivity index (χ2n) is 4.50. The first-order valence-electron chi connectivity index (χ1n) is 5.73. The molecule has 3 nitrogen and oxygen atoms in total. The molecule has 0 saturated heterocycles. The Bertz CT molecular complexity index is 404. The summed E-state index contributed by atoms with van der Waals surface area (Å²) < 4.78 is 0.844. The van der Waals surface area contributed by atoms with Crippen LogP contribution in [0.5, 0.6) is 0 Å². The molecule has 3 N–H and O–H groups in total. The van der Waals surface area contributed by atoms with E-state index in [-0.39, 0.29) is 11.9 Å². The Hall–Kier alpha value is -0.870. The summed E-state index contributed by atoms with van der Waals surface area (Å²) in [7, 11) is 0. The highest BCUT2D eigenvalue weighted by atomic mass is 79.9. The smallest absolute Gasteiger partial charge is 0.252 e. The number of rotatable bonds is 4. The van der Waals surface area contributed by atoms with Crippen LogP contribution in [0, 0.1) is 12.8 Å². The maximum absolute atomic E-state index is 12.1. The molecule has 0 aliphatic carbocycles. The van der Waals surface area contributed by atoms with Crippen molar-refractivity contribution >= 4 is 21.8 Å². The normalized spacial score (nSPS) is 12.6. The van der Waals surface area contributed by atoms with Gasteiger partial charge in [0.1, 0.15) is 0 Å². The van der Waals surface area contributed by atoms with Gasteiger partial charge in [-0.3, -0.25) is 4.79 Å². The maximum Gasteiger partial charge on any atom is 0.252 e. The highest BCUT2D eigenvalue weighted by Gasteiger charge is 2.17. The number of nitrogens with one attached hydrogen (secondary N) is 1.